The molecule has 1 amide bonds. The van der Waals surface area contributed by atoms with Gasteiger partial charge < -0.3 is 9.64 Å². The first-order chi connectivity index (χ1) is 11.1. The number of methoxy groups -OCH3 is 1. The maximum Gasteiger partial charge on any atom is 0.307 e. The van der Waals surface area contributed by atoms with E-state index in [0.717, 1.165) is 5.56 Å². The summed E-state index contributed by atoms with van der Waals surface area (Å²) in [4.78, 5) is 29.5. The lowest BCUT2D eigenvalue weighted by molar-refractivity contribution is -0.140. The number of amides is 1. The van der Waals surface area contributed by atoms with Gasteiger partial charge in [-0.2, -0.15) is 0 Å². The van der Waals surface area contributed by atoms with Crippen LogP contribution >= 0.6 is 11.6 Å². The molecule has 1 aromatic carbocycles. The minimum atomic E-state index is -0.353. The molecule has 0 aliphatic heterocycles. The Morgan fingerprint density at radius 1 is 1.13 bits per heavy atom. The van der Waals surface area contributed by atoms with Crippen molar-refractivity contribution in [2.24, 2.45) is 0 Å². The standard InChI is InChI=1S/C17H17ClN2O3/c1-23-16(21)8-11-20(12-13-2-4-15(18)5-3-13)17(22)14-6-9-19-10-7-14/h2-7,9-10H,8,11-12H2,1H3. The van der Waals surface area contributed by atoms with E-state index in [1.807, 2.05) is 12.1 Å². The van der Waals surface area contributed by atoms with Crippen LogP contribution in [-0.4, -0.2) is 35.4 Å². The number of halogens is 1. The van der Waals surface area contributed by atoms with E-state index in [-0.39, 0.29) is 24.8 Å². The molecule has 120 valence electrons. The fourth-order valence-electron chi connectivity index (χ4n) is 2.07. The van der Waals surface area contributed by atoms with Crippen molar-refractivity contribution in [3.05, 3.63) is 64.9 Å². The van der Waals surface area contributed by atoms with Crippen LogP contribution in [0.4, 0.5) is 0 Å². The molecule has 23 heavy (non-hydrogen) atoms. The van der Waals surface area contributed by atoms with Gasteiger partial charge in [-0.3, -0.25) is 14.6 Å². The summed E-state index contributed by atoms with van der Waals surface area (Å²) in [5.74, 6) is -0.514. The Bertz CT molecular complexity index is 659. The fourth-order valence-corrected chi connectivity index (χ4v) is 2.19. The molecule has 0 bridgehead atoms. The van der Waals surface area contributed by atoms with Gasteiger partial charge in [0, 0.05) is 36.1 Å². The monoisotopic (exact) mass is 332 g/mol. The van der Waals surface area contributed by atoms with Gasteiger partial charge in [0.05, 0.1) is 13.5 Å². The molecule has 0 atom stereocenters. The molecule has 2 rings (SSSR count). The largest absolute Gasteiger partial charge is 0.469 e. The lowest BCUT2D eigenvalue weighted by Crippen LogP contribution is -2.32. The van der Waals surface area contributed by atoms with Crippen molar-refractivity contribution >= 4 is 23.5 Å². The summed E-state index contributed by atoms with van der Waals surface area (Å²) in [6.45, 7) is 0.659. The van der Waals surface area contributed by atoms with Gasteiger partial charge in [0.1, 0.15) is 0 Å². The van der Waals surface area contributed by atoms with E-state index >= 15 is 0 Å². The Hall–Kier alpha value is -2.40. The number of rotatable bonds is 6. The molecule has 0 saturated heterocycles. The number of carbonyl (C=O) groups excluding carboxylic acids is 2. The average molecular weight is 333 g/mol. The second-order valence-corrected chi connectivity index (χ2v) is 5.35. The van der Waals surface area contributed by atoms with Gasteiger partial charge >= 0.3 is 5.97 Å². The van der Waals surface area contributed by atoms with Crippen LogP contribution in [0.1, 0.15) is 22.3 Å². The maximum atomic E-state index is 12.6. The number of benzene rings is 1. The Balaban J connectivity index is 2.15. The molecule has 0 saturated carbocycles. The molecule has 0 aliphatic rings. The predicted octanol–water partition coefficient (Wildman–Crippen LogP) is 2.94. The maximum absolute atomic E-state index is 12.6. The van der Waals surface area contributed by atoms with Crippen molar-refractivity contribution in [1.29, 1.82) is 0 Å². The van der Waals surface area contributed by atoms with Gasteiger partial charge in [-0.15, -0.1) is 0 Å². The van der Waals surface area contributed by atoms with Crippen LogP contribution in [0.2, 0.25) is 5.02 Å². The van der Waals surface area contributed by atoms with E-state index in [9.17, 15) is 9.59 Å². The first kappa shape index (κ1) is 17.0. The Labute approximate surface area is 139 Å². The molecular weight excluding hydrogens is 316 g/mol. The highest BCUT2D eigenvalue weighted by Crippen LogP contribution is 2.14. The molecule has 1 heterocycles. The first-order valence-corrected chi connectivity index (χ1v) is 7.48. The van der Waals surface area contributed by atoms with Gasteiger partial charge in [0.2, 0.25) is 0 Å². The highest BCUT2D eigenvalue weighted by atomic mass is 35.5. The fraction of sp³-hybridized carbons (Fsp3) is 0.235. The molecule has 0 N–H and O–H groups in total. The molecule has 2 aromatic rings. The van der Waals surface area contributed by atoms with Crippen LogP contribution in [-0.2, 0) is 16.1 Å². The number of hydrogen-bond acceptors (Lipinski definition) is 4. The van der Waals surface area contributed by atoms with Crippen molar-refractivity contribution in [2.75, 3.05) is 13.7 Å². The second kappa shape index (κ2) is 8.29. The molecule has 0 aliphatic carbocycles. The zero-order valence-corrected chi connectivity index (χ0v) is 13.5. The van der Waals surface area contributed by atoms with Gasteiger partial charge in [-0.1, -0.05) is 23.7 Å². The molecule has 0 fully saturated rings. The SMILES string of the molecule is COC(=O)CCN(Cc1ccc(Cl)cc1)C(=O)c1ccncc1. The van der Waals surface area contributed by atoms with Crippen molar-refractivity contribution in [3.63, 3.8) is 0 Å². The van der Waals surface area contributed by atoms with Crippen molar-refractivity contribution < 1.29 is 14.3 Å². The number of nitrogens with zero attached hydrogens (tertiary/aromatic N) is 2. The normalized spacial score (nSPS) is 10.2. The first-order valence-electron chi connectivity index (χ1n) is 7.10. The van der Waals surface area contributed by atoms with Gasteiger partial charge in [-0.25, -0.2) is 0 Å². The molecule has 6 heteroatoms. The van der Waals surface area contributed by atoms with Crippen molar-refractivity contribution in [1.82, 2.24) is 9.88 Å². The Morgan fingerprint density at radius 2 is 1.78 bits per heavy atom. The summed E-state index contributed by atoms with van der Waals surface area (Å²) in [7, 11) is 1.33. The van der Waals surface area contributed by atoms with E-state index in [2.05, 4.69) is 9.72 Å². The van der Waals surface area contributed by atoms with Crippen LogP contribution in [0.5, 0.6) is 0 Å². The molecule has 1 aromatic heterocycles. The highest BCUT2D eigenvalue weighted by Gasteiger charge is 2.17. The van der Waals surface area contributed by atoms with Crippen LogP contribution in [0.3, 0.4) is 0 Å². The number of pyridine rings is 1. The summed E-state index contributed by atoms with van der Waals surface area (Å²) < 4.78 is 4.65. The van der Waals surface area contributed by atoms with Gasteiger partial charge in [0.25, 0.3) is 5.91 Å². The summed E-state index contributed by atoms with van der Waals surface area (Å²) in [6, 6.07) is 10.5. The third-order valence-corrected chi connectivity index (χ3v) is 3.57. The topological polar surface area (TPSA) is 59.5 Å². The summed E-state index contributed by atoms with van der Waals surface area (Å²) in [5, 5.41) is 0.635. The van der Waals surface area contributed by atoms with Crippen LogP contribution in [0, 0.1) is 0 Å². The third-order valence-electron chi connectivity index (χ3n) is 3.31. The van der Waals surface area contributed by atoms with E-state index < -0.39 is 0 Å². The number of aromatic nitrogens is 1. The van der Waals surface area contributed by atoms with E-state index in [0.29, 0.717) is 17.1 Å². The molecule has 0 unspecified atom stereocenters. The molecular formula is C17H17ClN2O3. The zero-order valence-electron chi connectivity index (χ0n) is 12.7. The number of hydrogen-bond donors (Lipinski definition) is 0. The minimum Gasteiger partial charge on any atom is -0.469 e. The van der Waals surface area contributed by atoms with E-state index in [1.165, 1.54) is 7.11 Å². The Morgan fingerprint density at radius 3 is 2.39 bits per heavy atom. The third kappa shape index (κ3) is 5.07. The highest BCUT2D eigenvalue weighted by molar-refractivity contribution is 6.30. The predicted molar refractivity (Wildman–Crippen MR) is 87.1 cm³/mol. The zero-order chi connectivity index (χ0) is 16.7. The summed E-state index contributed by atoms with van der Waals surface area (Å²) >= 11 is 5.88. The van der Waals surface area contributed by atoms with E-state index in [1.54, 1.807) is 41.6 Å². The minimum absolute atomic E-state index is 0.140. The number of carbonyl (C=O) groups is 2. The molecule has 0 spiro atoms. The molecule has 0 radical (unpaired) electrons. The van der Waals surface area contributed by atoms with Crippen LogP contribution in [0.25, 0.3) is 0 Å². The van der Waals surface area contributed by atoms with Gasteiger partial charge in [-0.05, 0) is 29.8 Å². The number of esters is 1. The van der Waals surface area contributed by atoms with Gasteiger partial charge in [0.15, 0.2) is 0 Å². The second-order valence-electron chi connectivity index (χ2n) is 4.92. The Kier molecular flexibility index (Phi) is 6.11. The molecule has 5 nitrogen and oxygen atoms in total. The quantitative estimate of drug-likeness (QED) is 0.763. The lowest BCUT2D eigenvalue weighted by Gasteiger charge is -2.22. The van der Waals surface area contributed by atoms with Crippen molar-refractivity contribution in [3.8, 4) is 0 Å². The van der Waals surface area contributed by atoms with Crippen LogP contribution in [0.15, 0.2) is 48.8 Å². The lowest BCUT2D eigenvalue weighted by atomic mass is 10.1. The summed E-state index contributed by atoms with van der Waals surface area (Å²) in [5.41, 5.74) is 1.46. The number of ether oxygens (including phenoxy) is 1. The smallest absolute Gasteiger partial charge is 0.307 e. The summed E-state index contributed by atoms with van der Waals surface area (Å²) in [6.07, 6.45) is 3.27. The van der Waals surface area contributed by atoms with Crippen LogP contribution < -0.4 is 0 Å². The van der Waals surface area contributed by atoms with Crippen molar-refractivity contribution in [2.45, 2.75) is 13.0 Å². The van der Waals surface area contributed by atoms with E-state index in [4.69, 9.17) is 11.6 Å². The average Bonchev–Trinajstić information content (AvgIpc) is 2.60.